The summed E-state index contributed by atoms with van der Waals surface area (Å²) in [4.78, 5) is 12.0. The van der Waals surface area contributed by atoms with E-state index < -0.39 is 0 Å². The predicted octanol–water partition coefficient (Wildman–Crippen LogP) is 3.30. The highest BCUT2D eigenvalue weighted by Crippen LogP contribution is 2.25. The van der Waals surface area contributed by atoms with Crippen molar-refractivity contribution in [3.8, 4) is 11.5 Å². The van der Waals surface area contributed by atoms with Gasteiger partial charge in [0.25, 0.3) is 5.91 Å². The summed E-state index contributed by atoms with van der Waals surface area (Å²) in [5.74, 6) is 1.15. The molecule has 0 aliphatic rings. The van der Waals surface area contributed by atoms with Crippen LogP contribution in [0.1, 0.15) is 18.1 Å². The summed E-state index contributed by atoms with van der Waals surface area (Å²) in [5, 5.41) is 2.74. The number of nitrogen functional groups attached to an aromatic ring is 1. The van der Waals surface area contributed by atoms with Crippen molar-refractivity contribution in [2.75, 3.05) is 24.3 Å². The fraction of sp³-hybridized carbons (Fsp3) is 0.278. The molecule has 1 amide bonds. The molecule has 0 saturated heterocycles. The van der Waals surface area contributed by atoms with Crippen LogP contribution in [-0.4, -0.2) is 19.1 Å². The van der Waals surface area contributed by atoms with Crippen molar-refractivity contribution in [3.05, 3.63) is 47.5 Å². The van der Waals surface area contributed by atoms with Crippen molar-refractivity contribution < 1.29 is 14.3 Å². The molecule has 2 rings (SSSR count). The van der Waals surface area contributed by atoms with Crippen LogP contribution in [0.3, 0.4) is 0 Å². The van der Waals surface area contributed by atoms with E-state index >= 15 is 0 Å². The Bertz CT molecular complexity index is 678. The van der Waals surface area contributed by atoms with Gasteiger partial charge in [0.15, 0.2) is 6.61 Å². The second kappa shape index (κ2) is 7.54. The summed E-state index contributed by atoms with van der Waals surface area (Å²) < 4.78 is 11.0. The average Bonchev–Trinajstić information content (AvgIpc) is 2.50. The molecule has 0 bridgehead atoms. The van der Waals surface area contributed by atoms with Crippen LogP contribution in [0.25, 0.3) is 0 Å². The lowest BCUT2D eigenvalue weighted by Crippen LogP contribution is -2.21. The molecule has 0 radical (unpaired) electrons. The van der Waals surface area contributed by atoms with E-state index in [-0.39, 0.29) is 12.5 Å². The minimum absolute atomic E-state index is 0.0711. The molecule has 122 valence electrons. The molecular weight excluding hydrogens is 292 g/mol. The molecule has 23 heavy (non-hydrogen) atoms. The molecule has 5 heteroatoms. The zero-order valence-electron chi connectivity index (χ0n) is 13.7. The quantitative estimate of drug-likeness (QED) is 0.802. The van der Waals surface area contributed by atoms with Gasteiger partial charge in [-0.25, -0.2) is 0 Å². The number of nitrogens with two attached hydrogens (primary N) is 1. The van der Waals surface area contributed by atoms with E-state index in [0.717, 1.165) is 16.9 Å². The molecule has 0 spiro atoms. The summed E-state index contributed by atoms with van der Waals surface area (Å²) in [6, 6.07) is 11.0. The Morgan fingerprint density at radius 1 is 1.13 bits per heavy atom. The molecular formula is C18H22N2O3. The third-order valence-electron chi connectivity index (χ3n) is 3.36. The summed E-state index contributed by atoms with van der Waals surface area (Å²) >= 11 is 0. The van der Waals surface area contributed by atoms with E-state index in [1.807, 2.05) is 39.0 Å². The second-order valence-electron chi connectivity index (χ2n) is 5.24. The number of para-hydroxylation sites is 1. The fourth-order valence-corrected chi connectivity index (χ4v) is 2.26. The number of aryl methyl sites for hydroxylation is 2. The van der Waals surface area contributed by atoms with Crippen molar-refractivity contribution in [1.82, 2.24) is 0 Å². The zero-order chi connectivity index (χ0) is 16.8. The van der Waals surface area contributed by atoms with E-state index in [0.29, 0.717) is 23.7 Å². The topological polar surface area (TPSA) is 73.6 Å². The molecule has 0 aliphatic heterocycles. The monoisotopic (exact) mass is 314 g/mol. The standard InChI is InChI=1S/C18H22N2O3/c1-4-22-14-8-9-16(15(19)10-14)20-17(21)11-23-18-12(2)6-5-7-13(18)3/h5-10H,4,11,19H2,1-3H3,(H,20,21). The number of hydrogen-bond donors (Lipinski definition) is 2. The molecule has 0 saturated carbocycles. The van der Waals surface area contributed by atoms with Gasteiger partial charge in [-0.15, -0.1) is 0 Å². The highest BCUT2D eigenvalue weighted by atomic mass is 16.5. The van der Waals surface area contributed by atoms with Crippen molar-refractivity contribution in [1.29, 1.82) is 0 Å². The molecule has 0 aliphatic carbocycles. The van der Waals surface area contributed by atoms with Crippen LogP contribution in [0.5, 0.6) is 11.5 Å². The molecule has 2 aromatic rings. The number of nitrogens with one attached hydrogen (secondary N) is 1. The Morgan fingerprint density at radius 2 is 1.83 bits per heavy atom. The van der Waals surface area contributed by atoms with Gasteiger partial charge in [0, 0.05) is 6.07 Å². The summed E-state index contributed by atoms with van der Waals surface area (Å²) in [5.41, 5.74) is 8.92. The number of benzene rings is 2. The van der Waals surface area contributed by atoms with E-state index in [4.69, 9.17) is 15.2 Å². The van der Waals surface area contributed by atoms with Crippen LogP contribution >= 0.6 is 0 Å². The normalized spacial score (nSPS) is 10.2. The summed E-state index contributed by atoms with van der Waals surface area (Å²) in [6.45, 7) is 6.29. The molecule has 0 fully saturated rings. The molecule has 0 aromatic heterocycles. The molecule has 0 unspecified atom stereocenters. The number of anilines is 2. The number of rotatable bonds is 6. The molecule has 0 atom stereocenters. The first-order valence-electron chi connectivity index (χ1n) is 7.52. The first-order valence-corrected chi connectivity index (χ1v) is 7.52. The number of ether oxygens (including phenoxy) is 2. The third-order valence-corrected chi connectivity index (χ3v) is 3.36. The Kier molecular flexibility index (Phi) is 5.46. The lowest BCUT2D eigenvalue weighted by Gasteiger charge is -2.13. The Morgan fingerprint density at radius 3 is 2.43 bits per heavy atom. The van der Waals surface area contributed by atoms with Gasteiger partial charge in [-0.1, -0.05) is 18.2 Å². The van der Waals surface area contributed by atoms with Crippen molar-refractivity contribution >= 4 is 17.3 Å². The zero-order valence-corrected chi connectivity index (χ0v) is 13.7. The number of carbonyl (C=O) groups excluding carboxylic acids is 1. The van der Waals surface area contributed by atoms with Gasteiger partial charge >= 0.3 is 0 Å². The van der Waals surface area contributed by atoms with Gasteiger partial charge in [-0.05, 0) is 44.0 Å². The van der Waals surface area contributed by atoms with Gasteiger partial charge in [0.05, 0.1) is 18.0 Å². The Balaban J connectivity index is 1.97. The number of hydrogen-bond acceptors (Lipinski definition) is 4. The van der Waals surface area contributed by atoms with Crippen molar-refractivity contribution in [2.24, 2.45) is 0 Å². The van der Waals surface area contributed by atoms with Crippen LogP contribution in [0, 0.1) is 13.8 Å². The van der Waals surface area contributed by atoms with Crippen LogP contribution in [0.2, 0.25) is 0 Å². The lowest BCUT2D eigenvalue weighted by atomic mass is 10.1. The van der Waals surface area contributed by atoms with Crippen LogP contribution in [-0.2, 0) is 4.79 Å². The largest absolute Gasteiger partial charge is 0.494 e. The Labute approximate surface area is 136 Å². The average molecular weight is 314 g/mol. The smallest absolute Gasteiger partial charge is 0.262 e. The first kappa shape index (κ1) is 16.7. The minimum Gasteiger partial charge on any atom is -0.494 e. The molecule has 0 heterocycles. The Hall–Kier alpha value is -2.69. The maximum Gasteiger partial charge on any atom is 0.262 e. The predicted molar refractivity (Wildman–Crippen MR) is 92.1 cm³/mol. The lowest BCUT2D eigenvalue weighted by molar-refractivity contribution is -0.118. The van der Waals surface area contributed by atoms with Crippen LogP contribution in [0.4, 0.5) is 11.4 Å². The SMILES string of the molecule is CCOc1ccc(NC(=O)COc2c(C)cccc2C)c(N)c1. The summed E-state index contributed by atoms with van der Waals surface area (Å²) in [7, 11) is 0. The minimum atomic E-state index is -0.261. The highest BCUT2D eigenvalue weighted by molar-refractivity contribution is 5.95. The van der Waals surface area contributed by atoms with Crippen molar-refractivity contribution in [2.45, 2.75) is 20.8 Å². The van der Waals surface area contributed by atoms with Crippen molar-refractivity contribution in [3.63, 3.8) is 0 Å². The van der Waals surface area contributed by atoms with Gasteiger partial charge in [-0.3, -0.25) is 4.79 Å². The van der Waals surface area contributed by atoms with E-state index in [1.54, 1.807) is 18.2 Å². The fourth-order valence-electron chi connectivity index (χ4n) is 2.26. The highest BCUT2D eigenvalue weighted by Gasteiger charge is 2.09. The summed E-state index contributed by atoms with van der Waals surface area (Å²) in [6.07, 6.45) is 0. The maximum absolute atomic E-state index is 12.0. The maximum atomic E-state index is 12.0. The van der Waals surface area contributed by atoms with E-state index in [9.17, 15) is 4.79 Å². The first-order chi connectivity index (χ1) is 11.0. The number of amides is 1. The van der Waals surface area contributed by atoms with Crippen LogP contribution < -0.4 is 20.5 Å². The second-order valence-corrected chi connectivity index (χ2v) is 5.24. The van der Waals surface area contributed by atoms with E-state index in [2.05, 4.69) is 5.32 Å². The third kappa shape index (κ3) is 4.39. The van der Waals surface area contributed by atoms with Gasteiger partial charge in [0.1, 0.15) is 11.5 Å². The molecule has 5 nitrogen and oxygen atoms in total. The van der Waals surface area contributed by atoms with Gasteiger partial charge < -0.3 is 20.5 Å². The van der Waals surface area contributed by atoms with Crippen LogP contribution in [0.15, 0.2) is 36.4 Å². The van der Waals surface area contributed by atoms with E-state index in [1.165, 1.54) is 0 Å². The van der Waals surface area contributed by atoms with Gasteiger partial charge in [0.2, 0.25) is 0 Å². The van der Waals surface area contributed by atoms with Gasteiger partial charge in [-0.2, -0.15) is 0 Å². The number of carbonyl (C=O) groups is 1. The molecule has 2 aromatic carbocycles. The molecule has 3 N–H and O–H groups in total.